The molecule has 1 aliphatic heterocycles. The van der Waals surface area contributed by atoms with Gasteiger partial charge in [0.1, 0.15) is 5.78 Å². The zero-order chi connectivity index (χ0) is 10.8. The van der Waals surface area contributed by atoms with Crippen LogP contribution < -0.4 is 5.32 Å². The lowest BCUT2D eigenvalue weighted by Crippen LogP contribution is -2.48. The van der Waals surface area contributed by atoms with Crippen LogP contribution in [-0.2, 0) is 4.79 Å². The van der Waals surface area contributed by atoms with E-state index in [1.807, 2.05) is 0 Å². The van der Waals surface area contributed by atoms with Gasteiger partial charge in [-0.3, -0.25) is 4.79 Å². The van der Waals surface area contributed by atoms with E-state index in [2.05, 4.69) is 19.2 Å². The number of carbonyl (C=O) groups is 1. The van der Waals surface area contributed by atoms with Crippen LogP contribution in [0.3, 0.4) is 0 Å². The van der Waals surface area contributed by atoms with Gasteiger partial charge in [-0.1, -0.05) is 13.3 Å². The Hall–Kier alpha value is -0.370. The molecule has 0 aromatic rings. The SMILES string of the molecule is CC1CCC(=O)C(C2CCCC(C)N2)C1. The molecule has 1 heterocycles. The summed E-state index contributed by atoms with van der Waals surface area (Å²) in [5.41, 5.74) is 0. The smallest absolute Gasteiger partial charge is 0.137 e. The highest BCUT2D eigenvalue weighted by Crippen LogP contribution is 2.31. The first-order valence-electron chi connectivity index (χ1n) is 6.45. The first kappa shape index (κ1) is 11.1. The van der Waals surface area contributed by atoms with Gasteiger partial charge in [0.2, 0.25) is 0 Å². The predicted molar refractivity (Wildman–Crippen MR) is 61.7 cm³/mol. The van der Waals surface area contributed by atoms with Crippen LogP contribution in [0.5, 0.6) is 0 Å². The molecule has 1 aliphatic carbocycles. The van der Waals surface area contributed by atoms with Gasteiger partial charge in [-0.2, -0.15) is 0 Å². The van der Waals surface area contributed by atoms with Crippen molar-refractivity contribution in [3.05, 3.63) is 0 Å². The van der Waals surface area contributed by atoms with Gasteiger partial charge >= 0.3 is 0 Å². The van der Waals surface area contributed by atoms with E-state index < -0.39 is 0 Å². The van der Waals surface area contributed by atoms with Crippen LogP contribution in [-0.4, -0.2) is 17.9 Å². The molecular formula is C13H23NO. The minimum Gasteiger partial charge on any atom is -0.311 e. The maximum Gasteiger partial charge on any atom is 0.137 e. The molecule has 1 N–H and O–H groups in total. The minimum atomic E-state index is 0.316. The lowest BCUT2D eigenvalue weighted by atomic mass is 9.75. The highest BCUT2D eigenvalue weighted by molar-refractivity contribution is 5.82. The summed E-state index contributed by atoms with van der Waals surface area (Å²) in [6.45, 7) is 4.52. The van der Waals surface area contributed by atoms with Crippen LogP contribution in [0.2, 0.25) is 0 Å². The summed E-state index contributed by atoms with van der Waals surface area (Å²) >= 11 is 0. The van der Waals surface area contributed by atoms with Gasteiger partial charge in [0.15, 0.2) is 0 Å². The number of nitrogens with one attached hydrogen (secondary N) is 1. The average molecular weight is 209 g/mol. The van der Waals surface area contributed by atoms with E-state index in [1.165, 1.54) is 19.3 Å². The van der Waals surface area contributed by atoms with Crippen LogP contribution >= 0.6 is 0 Å². The van der Waals surface area contributed by atoms with Gasteiger partial charge < -0.3 is 5.32 Å². The van der Waals surface area contributed by atoms with Gasteiger partial charge in [-0.15, -0.1) is 0 Å². The topological polar surface area (TPSA) is 29.1 Å². The second kappa shape index (κ2) is 4.65. The lowest BCUT2D eigenvalue weighted by molar-refractivity contribution is -0.126. The van der Waals surface area contributed by atoms with E-state index in [0.717, 1.165) is 25.2 Å². The van der Waals surface area contributed by atoms with E-state index in [0.29, 0.717) is 23.8 Å². The normalized spacial score (nSPS) is 42.9. The average Bonchev–Trinajstić information content (AvgIpc) is 2.22. The van der Waals surface area contributed by atoms with E-state index in [9.17, 15) is 4.79 Å². The second-order valence-corrected chi connectivity index (χ2v) is 5.56. The zero-order valence-corrected chi connectivity index (χ0v) is 9.96. The highest BCUT2D eigenvalue weighted by Gasteiger charge is 2.34. The van der Waals surface area contributed by atoms with Crippen molar-refractivity contribution < 1.29 is 4.79 Å². The molecule has 2 nitrogen and oxygen atoms in total. The van der Waals surface area contributed by atoms with Crippen LogP contribution in [0.1, 0.15) is 52.4 Å². The molecule has 0 bridgehead atoms. The molecule has 0 aromatic carbocycles. The van der Waals surface area contributed by atoms with Crippen molar-refractivity contribution in [1.82, 2.24) is 5.32 Å². The molecule has 2 rings (SSSR count). The van der Waals surface area contributed by atoms with Crippen molar-refractivity contribution in [2.45, 2.75) is 64.5 Å². The third-order valence-corrected chi connectivity index (χ3v) is 4.09. The van der Waals surface area contributed by atoms with Gasteiger partial charge in [0.05, 0.1) is 0 Å². The van der Waals surface area contributed by atoms with Crippen LogP contribution in [0.4, 0.5) is 0 Å². The largest absolute Gasteiger partial charge is 0.311 e. The van der Waals surface area contributed by atoms with Crippen LogP contribution in [0, 0.1) is 11.8 Å². The Labute approximate surface area is 92.8 Å². The molecule has 86 valence electrons. The molecule has 0 aromatic heterocycles. The number of hydrogen-bond donors (Lipinski definition) is 1. The number of Topliss-reactive ketones (excluding diaryl/α,β-unsaturated/α-hetero) is 1. The third-order valence-electron chi connectivity index (χ3n) is 4.09. The number of rotatable bonds is 1. The maximum absolute atomic E-state index is 11.9. The first-order valence-corrected chi connectivity index (χ1v) is 6.45. The Morgan fingerprint density at radius 2 is 2.00 bits per heavy atom. The molecule has 2 aliphatic rings. The fourth-order valence-electron chi connectivity index (χ4n) is 3.14. The van der Waals surface area contributed by atoms with Crippen molar-refractivity contribution in [2.24, 2.45) is 11.8 Å². The standard InChI is InChI=1S/C13H23NO/c1-9-6-7-13(15)11(8-9)12-5-3-4-10(2)14-12/h9-12,14H,3-8H2,1-2H3. The van der Waals surface area contributed by atoms with Crippen LogP contribution in [0.25, 0.3) is 0 Å². The van der Waals surface area contributed by atoms with E-state index >= 15 is 0 Å². The maximum atomic E-state index is 11.9. The fourth-order valence-corrected chi connectivity index (χ4v) is 3.14. The lowest BCUT2D eigenvalue weighted by Gasteiger charge is -2.37. The molecular weight excluding hydrogens is 186 g/mol. The van der Waals surface area contributed by atoms with Gasteiger partial charge in [0, 0.05) is 24.4 Å². The second-order valence-electron chi connectivity index (χ2n) is 5.56. The van der Waals surface area contributed by atoms with Gasteiger partial charge in [-0.25, -0.2) is 0 Å². The molecule has 1 saturated heterocycles. The predicted octanol–water partition coefficient (Wildman–Crippen LogP) is 2.52. The van der Waals surface area contributed by atoms with Crippen molar-refractivity contribution in [2.75, 3.05) is 0 Å². The molecule has 0 radical (unpaired) electrons. The minimum absolute atomic E-state index is 0.316. The van der Waals surface area contributed by atoms with Crippen molar-refractivity contribution in [3.8, 4) is 0 Å². The highest BCUT2D eigenvalue weighted by atomic mass is 16.1. The molecule has 0 spiro atoms. The van der Waals surface area contributed by atoms with Crippen molar-refractivity contribution >= 4 is 5.78 Å². The molecule has 2 heteroatoms. The monoisotopic (exact) mass is 209 g/mol. The molecule has 1 saturated carbocycles. The quantitative estimate of drug-likeness (QED) is 0.719. The third kappa shape index (κ3) is 2.60. The van der Waals surface area contributed by atoms with E-state index in [4.69, 9.17) is 0 Å². The molecule has 4 unspecified atom stereocenters. The summed E-state index contributed by atoms with van der Waals surface area (Å²) in [5.74, 6) is 1.57. The zero-order valence-electron chi connectivity index (χ0n) is 9.96. The Morgan fingerprint density at radius 1 is 1.20 bits per heavy atom. The Kier molecular flexibility index (Phi) is 3.45. The van der Waals surface area contributed by atoms with Crippen LogP contribution in [0.15, 0.2) is 0 Å². The van der Waals surface area contributed by atoms with Crippen molar-refractivity contribution in [3.63, 3.8) is 0 Å². The Bertz CT molecular complexity index is 239. The molecule has 2 fully saturated rings. The first-order chi connectivity index (χ1) is 7.16. The Morgan fingerprint density at radius 3 is 2.73 bits per heavy atom. The molecule has 4 atom stereocenters. The summed E-state index contributed by atoms with van der Waals surface area (Å²) in [4.78, 5) is 11.9. The summed E-state index contributed by atoms with van der Waals surface area (Å²) in [5, 5.41) is 3.62. The number of hydrogen-bond acceptors (Lipinski definition) is 2. The van der Waals surface area contributed by atoms with E-state index in [-0.39, 0.29) is 0 Å². The number of piperidine rings is 1. The van der Waals surface area contributed by atoms with Gasteiger partial charge in [0.25, 0.3) is 0 Å². The molecule has 0 amide bonds. The number of carbonyl (C=O) groups excluding carboxylic acids is 1. The fraction of sp³-hybridized carbons (Fsp3) is 0.923. The summed E-state index contributed by atoms with van der Waals surface area (Å²) in [7, 11) is 0. The van der Waals surface area contributed by atoms with Crippen molar-refractivity contribution in [1.29, 1.82) is 0 Å². The van der Waals surface area contributed by atoms with Gasteiger partial charge in [-0.05, 0) is 38.5 Å². The summed E-state index contributed by atoms with van der Waals surface area (Å²) in [6.07, 6.45) is 6.80. The molecule has 15 heavy (non-hydrogen) atoms. The summed E-state index contributed by atoms with van der Waals surface area (Å²) < 4.78 is 0. The Balaban J connectivity index is 1.98. The summed E-state index contributed by atoms with van der Waals surface area (Å²) in [6, 6.07) is 1.08. The number of ketones is 1. The van der Waals surface area contributed by atoms with E-state index in [1.54, 1.807) is 0 Å².